The van der Waals surface area contributed by atoms with Crippen LogP contribution in [0.3, 0.4) is 0 Å². The van der Waals surface area contributed by atoms with Gasteiger partial charge < -0.3 is 5.32 Å². The third-order valence-electron chi connectivity index (χ3n) is 3.26. The molecule has 0 saturated heterocycles. The summed E-state index contributed by atoms with van der Waals surface area (Å²) < 4.78 is 0. The van der Waals surface area contributed by atoms with Crippen molar-refractivity contribution in [3.63, 3.8) is 0 Å². The molecular formula is C17H15ClN2. The number of aromatic nitrogens is 1. The molecule has 0 aliphatic carbocycles. The first-order valence-electron chi connectivity index (χ1n) is 6.57. The Bertz CT molecular complexity index is 736. The number of hydrogen-bond acceptors (Lipinski definition) is 2. The number of nitrogens with one attached hydrogen (secondary N) is 1. The molecule has 0 aliphatic rings. The van der Waals surface area contributed by atoms with Crippen LogP contribution in [-0.4, -0.2) is 4.98 Å². The summed E-state index contributed by atoms with van der Waals surface area (Å²) in [6.07, 6.45) is 0. The molecule has 0 fully saturated rings. The molecule has 0 amide bonds. The maximum atomic E-state index is 5.89. The average Bonchev–Trinajstić information content (AvgIpc) is 2.46. The zero-order valence-corrected chi connectivity index (χ0v) is 12.0. The zero-order chi connectivity index (χ0) is 13.9. The number of pyridine rings is 1. The van der Waals surface area contributed by atoms with Crippen molar-refractivity contribution in [2.75, 3.05) is 5.32 Å². The van der Waals surface area contributed by atoms with Gasteiger partial charge in [-0.15, -0.1) is 0 Å². The maximum absolute atomic E-state index is 5.89. The number of rotatable bonds is 3. The molecule has 0 aliphatic heterocycles. The fraction of sp³-hybridized carbons (Fsp3) is 0.118. The van der Waals surface area contributed by atoms with Crippen LogP contribution in [-0.2, 0) is 6.54 Å². The van der Waals surface area contributed by atoms with Crippen molar-refractivity contribution in [1.29, 1.82) is 0 Å². The summed E-state index contributed by atoms with van der Waals surface area (Å²) in [5, 5.41) is 5.37. The quantitative estimate of drug-likeness (QED) is 0.746. The summed E-state index contributed by atoms with van der Waals surface area (Å²) >= 11 is 5.89. The highest BCUT2D eigenvalue weighted by Crippen LogP contribution is 2.20. The van der Waals surface area contributed by atoms with Crippen molar-refractivity contribution in [3.05, 3.63) is 70.9 Å². The summed E-state index contributed by atoms with van der Waals surface area (Å²) in [4.78, 5) is 4.56. The maximum Gasteiger partial charge on any atom is 0.0708 e. The number of nitrogens with zero attached hydrogens (tertiary/aromatic N) is 1. The van der Waals surface area contributed by atoms with E-state index in [9.17, 15) is 0 Å². The summed E-state index contributed by atoms with van der Waals surface area (Å²) in [5.41, 5.74) is 4.40. The van der Waals surface area contributed by atoms with Gasteiger partial charge in [-0.1, -0.05) is 29.8 Å². The van der Waals surface area contributed by atoms with Crippen LogP contribution in [0.4, 0.5) is 5.69 Å². The van der Waals surface area contributed by atoms with Crippen molar-refractivity contribution in [2.45, 2.75) is 13.5 Å². The van der Waals surface area contributed by atoms with Crippen molar-refractivity contribution < 1.29 is 0 Å². The molecule has 2 nitrogen and oxygen atoms in total. The minimum Gasteiger partial charge on any atom is -0.381 e. The van der Waals surface area contributed by atoms with Gasteiger partial charge >= 0.3 is 0 Å². The Morgan fingerprint density at radius 2 is 1.80 bits per heavy atom. The largest absolute Gasteiger partial charge is 0.381 e. The second-order valence-electron chi connectivity index (χ2n) is 4.80. The number of anilines is 1. The fourth-order valence-electron chi connectivity index (χ4n) is 2.31. The zero-order valence-electron chi connectivity index (χ0n) is 11.2. The van der Waals surface area contributed by atoms with Crippen molar-refractivity contribution >= 4 is 28.2 Å². The van der Waals surface area contributed by atoms with Crippen LogP contribution < -0.4 is 5.32 Å². The standard InChI is InChI=1S/C17H15ClN2/c1-12-10-13(16-4-2-3-5-17(16)20-12)11-19-15-8-6-14(18)7-9-15/h2-10,19H,11H2,1H3. The van der Waals surface area contributed by atoms with E-state index in [-0.39, 0.29) is 0 Å². The molecular weight excluding hydrogens is 268 g/mol. The predicted molar refractivity (Wildman–Crippen MR) is 85.3 cm³/mol. The number of para-hydroxylation sites is 1. The highest BCUT2D eigenvalue weighted by molar-refractivity contribution is 6.30. The molecule has 0 spiro atoms. The molecule has 3 rings (SSSR count). The molecule has 1 N–H and O–H groups in total. The molecule has 0 unspecified atom stereocenters. The van der Waals surface area contributed by atoms with Gasteiger partial charge in [-0.05, 0) is 48.9 Å². The van der Waals surface area contributed by atoms with E-state index in [1.807, 2.05) is 49.4 Å². The molecule has 0 radical (unpaired) electrons. The molecule has 3 aromatic rings. The van der Waals surface area contributed by atoms with Gasteiger partial charge in [0.25, 0.3) is 0 Å². The van der Waals surface area contributed by atoms with Crippen molar-refractivity contribution in [3.8, 4) is 0 Å². The van der Waals surface area contributed by atoms with E-state index in [0.29, 0.717) is 0 Å². The smallest absolute Gasteiger partial charge is 0.0708 e. The third-order valence-corrected chi connectivity index (χ3v) is 3.51. The Morgan fingerprint density at radius 3 is 2.60 bits per heavy atom. The average molecular weight is 283 g/mol. The van der Waals surface area contributed by atoms with Crippen LogP contribution in [0.5, 0.6) is 0 Å². The highest BCUT2D eigenvalue weighted by Gasteiger charge is 2.03. The number of aryl methyl sites for hydroxylation is 1. The minimum atomic E-state index is 0.751. The number of hydrogen-bond donors (Lipinski definition) is 1. The number of fused-ring (bicyclic) bond motifs is 1. The van der Waals surface area contributed by atoms with Crippen LogP contribution in [0.2, 0.25) is 5.02 Å². The second-order valence-corrected chi connectivity index (χ2v) is 5.24. The van der Waals surface area contributed by atoms with Crippen molar-refractivity contribution in [1.82, 2.24) is 4.98 Å². The summed E-state index contributed by atoms with van der Waals surface area (Å²) in [5.74, 6) is 0. The molecule has 0 atom stereocenters. The van der Waals surface area contributed by atoms with Gasteiger partial charge in [-0.25, -0.2) is 0 Å². The number of benzene rings is 2. The van der Waals surface area contributed by atoms with Gasteiger partial charge in [0.15, 0.2) is 0 Å². The molecule has 20 heavy (non-hydrogen) atoms. The summed E-state index contributed by atoms with van der Waals surface area (Å²) in [7, 11) is 0. The van der Waals surface area contributed by atoms with E-state index in [4.69, 9.17) is 11.6 Å². The highest BCUT2D eigenvalue weighted by atomic mass is 35.5. The minimum absolute atomic E-state index is 0.751. The van der Waals surface area contributed by atoms with Gasteiger partial charge in [0.2, 0.25) is 0 Å². The van der Waals surface area contributed by atoms with Crippen LogP contribution in [0, 0.1) is 6.92 Å². The lowest BCUT2D eigenvalue weighted by atomic mass is 10.1. The van der Waals surface area contributed by atoms with Gasteiger partial charge in [0.1, 0.15) is 0 Å². The van der Waals surface area contributed by atoms with E-state index in [2.05, 4.69) is 22.4 Å². The first-order valence-corrected chi connectivity index (χ1v) is 6.95. The van der Waals surface area contributed by atoms with Crippen molar-refractivity contribution in [2.24, 2.45) is 0 Å². The molecule has 0 saturated carbocycles. The van der Waals surface area contributed by atoms with Gasteiger partial charge in [-0.3, -0.25) is 4.98 Å². The summed E-state index contributed by atoms with van der Waals surface area (Å²) in [6, 6.07) is 18.1. The predicted octanol–water partition coefficient (Wildman–Crippen LogP) is 4.81. The Balaban J connectivity index is 1.88. The van der Waals surface area contributed by atoms with E-state index in [1.165, 1.54) is 10.9 Å². The van der Waals surface area contributed by atoms with E-state index in [0.717, 1.165) is 28.5 Å². The van der Waals surface area contributed by atoms with Crippen LogP contribution >= 0.6 is 11.6 Å². The topological polar surface area (TPSA) is 24.9 Å². The van der Waals surface area contributed by atoms with E-state index >= 15 is 0 Å². The Hall–Kier alpha value is -2.06. The Labute approximate surface area is 123 Å². The Kier molecular flexibility index (Phi) is 3.57. The van der Waals surface area contributed by atoms with E-state index in [1.54, 1.807) is 0 Å². The van der Waals surface area contributed by atoms with Crippen LogP contribution in [0.15, 0.2) is 54.6 Å². The van der Waals surface area contributed by atoms with Gasteiger partial charge in [0, 0.05) is 28.3 Å². The normalized spacial score (nSPS) is 10.7. The summed E-state index contributed by atoms with van der Waals surface area (Å²) in [6.45, 7) is 2.80. The van der Waals surface area contributed by atoms with Crippen LogP contribution in [0.1, 0.15) is 11.3 Å². The molecule has 100 valence electrons. The third kappa shape index (κ3) is 2.75. The molecule has 1 heterocycles. The lowest BCUT2D eigenvalue weighted by Crippen LogP contribution is -2.01. The molecule has 1 aromatic heterocycles. The lowest BCUT2D eigenvalue weighted by molar-refractivity contribution is 1.13. The molecule has 3 heteroatoms. The first kappa shape index (κ1) is 12.9. The number of halogens is 1. The lowest BCUT2D eigenvalue weighted by Gasteiger charge is -2.10. The second kappa shape index (κ2) is 5.51. The van der Waals surface area contributed by atoms with Crippen LogP contribution in [0.25, 0.3) is 10.9 Å². The SMILES string of the molecule is Cc1cc(CNc2ccc(Cl)cc2)c2ccccc2n1. The fourth-order valence-corrected chi connectivity index (χ4v) is 2.43. The monoisotopic (exact) mass is 282 g/mol. The van der Waals surface area contributed by atoms with Gasteiger partial charge in [0.05, 0.1) is 5.52 Å². The van der Waals surface area contributed by atoms with E-state index < -0.39 is 0 Å². The van der Waals surface area contributed by atoms with Gasteiger partial charge in [-0.2, -0.15) is 0 Å². The Morgan fingerprint density at radius 1 is 1.05 bits per heavy atom. The first-order chi connectivity index (χ1) is 9.72. The molecule has 2 aromatic carbocycles. The molecule has 0 bridgehead atoms.